The van der Waals surface area contributed by atoms with Crippen LogP contribution >= 0.6 is 24.0 Å². The van der Waals surface area contributed by atoms with Gasteiger partial charge in [-0.05, 0) is 18.6 Å². The molecule has 0 N–H and O–H groups in total. The molecule has 0 atom stereocenters. The zero-order chi connectivity index (χ0) is 12.5. The average Bonchev–Trinajstić information content (AvgIpc) is 2.44. The molecule has 0 saturated heterocycles. The molecule has 3 rings (SSSR count). The van der Waals surface area contributed by atoms with Crippen molar-refractivity contribution in [3.63, 3.8) is 0 Å². The number of aromatic nitrogens is 1. The molecule has 3 heteroatoms. The number of hydrogen-bond donors (Lipinski definition) is 0. The van der Waals surface area contributed by atoms with Crippen LogP contribution in [0, 0.1) is 6.92 Å². The summed E-state index contributed by atoms with van der Waals surface area (Å²) in [5.74, 6) is 0. The van der Waals surface area contributed by atoms with Crippen LogP contribution in [0.2, 0.25) is 5.02 Å². The molecule has 0 aliphatic rings. The third-order valence-electron chi connectivity index (χ3n) is 3.12. The Labute approximate surface area is 123 Å². The van der Waals surface area contributed by atoms with Crippen molar-refractivity contribution in [2.24, 2.45) is 0 Å². The van der Waals surface area contributed by atoms with E-state index in [9.17, 15) is 0 Å². The van der Waals surface area contributed by atoms with E-state index in [0.29, 0.717) is 0 Å². The Bertz CT molecular complexity index is 709. The Morgan fingerprint density at radius 1 is 0.895 bits per heavy atom. The normalized spacial score (nSPS) is 10.2. The summed E-state index contributed by atoms with van der Waals surface area (Å²) in [6.07, 6.45) is 0. The van der Waals surface area contributed by atoms with Gasteiger partial charge in [0.2, 0.25) is 0 Å². The first kappa shape index (κ1) is 13.9. The van der Waals surface area contributed by atoms with E-state index in [0.717, 1.165) is 32.7 Å². The Hall–Kier alpha value is -1.57. The third-order valence-corrected chi connectivity index (χ3v) is 3.59. The number of rotatable bonds is 1. The molecule has 0 spiro atoms. The van der Waals surface area contributed by atoms with E-state index in [1.807, 2.05) is 55.5 Å². The molecule has 19 heavy (non-hydrogen) atoms. The molecule has 0 aliphatic heterocycles. The minimum Gasteiger partial charge on any atom is -0.246 e. The van der Waals surface area contributed by atoms with E-state index in [2.05, 4.69) is 11.1 Å². The largest absolute Gasteiger partial charge is 0.246 e. The minimum absolute atomic E-state index is 0. The Balaban J connectivity index is 0.00000133. The second kappa shape index (κ2) is 5.60. The second-order valence-electron chi connectivity index (χ2n) is 4.28. The van der Waals surface area contributed by atoms with Crippen molar-refractivity contribution in [2.75, 3.05) is 0 Å². The lowest BCUT2D eigenvalue weighted by Gasteiger charge is -2.09. The third kappa shape index (κ3) is 2.44. The molecule has 1 nitrogen and oxygen atoms in total. The van der Waals surface area contributed by atoms with Gasteiger partial charge < -0.3 is 0 Å². The van der Waals surface area contributed by atoms with Crippen molar-refractivity contribution >= 4 is 34.9 Å². The van der Waals surface area contributed by atoms with Crippen molar-refractivity contribution in [2.45, 2.75) is 6.92 Å². The number of fused-ring (bicyclic) bond motifs is 1. The monoisotopic (exact) mass is 289 g/mol. The summed E-state index contributed by atoms with van der Waals surface area (Å²) in [6, 6.07) is 18.1. The first-order chi connectivity index (χ1) is 8.77. The van der Waals surface area contributed by atoms with Crippen molar-refractivity contribution in [1.82, 2.24) is 4.98 Å². The lowest BCUT2D eigenvalue weighted by Crippen LogP contribution is -1.91. The first-order valence-electron chi connectivity index (χ1n) is 5.87. The average molecular weight is 290 g/mol. The predicted molar refractivity (Wildman–Crippen MR) is 84.2 cm³/mol. The van der Waals surface area contributed by atoms with Gasteiger partial charge >= 0.3 is 0 Å². The van der Waals surface area contributed by atoms with Crippen LogP contribution in [0.15, 0.2) is 54.6 Å². The fourth-order valence-electron chi connectivity index (χ4n) is 2.14. The molecule has 96 valence electrons. The number of para-hydroxylation sites is 1. The molecule has 1 aromatic heterocycles. The van der Waals surface area contributed by atoms with Crippen molar-refractivity contribution in [3.05, 3.63) is 65.2 Å². The Kier molecular flexibility index (Phi) is 4.08. The fraction of sp³-hybridized carbons (Fsp3) is 0.0625. The molecule has 0 bridgehead atoms. The van der Waals surface area contributed by atoms with Crippen LogP contribution in [0.25, 0.3) is 22.2 Å². The van der Waals surface area contributed by atoms with Gasteiger partial charge in [0.1, 0.15) is 0 Å². The summed E-state index contributed by atoms with van der Waals surface area (Å²) < 4.78 is 0. The topological polar surface area (TPSA) is 12.9 Å². The summed E-state index contributed by atoms with van der Waals surface area (Å²) >= 11 is 6.44. The van der Waals surface area contributed by atoms with Crippen LogP contribution < -0.4 is 0 Å². The van der Waals surface area contributed by atoms with Gasteiger partial charge in [-0.25, -0.2) is 4.98 Å². The highest BCUT2D eigenvalue weighted by molar-refractivity contribution is 6.34. The Morgan fingerprint density at radius 2 is 1.53 bits per heavy atom. The molecule has 0 aliphatic carbocycles. The van der Waals surface area contributed by atoms with E-state index in [1.165, 1.54) is 0 Å². The molecular formula is C16H13Cl2N. The first-order valence-corrected chi connectivity index (χ1v) is 6.25. The quantitative estimate of drug-likeness (QED) is 0.593. The van der Waals surface area contributed by atoms with Gasteiger partial charge in [-0.1, -0.05) is 60.1 Å². The highest BCUT2D eigenvalue weighted by Crippen LogP contribution is 2.32. The summed E-state index contributed by atoms with van der Waals surface area (Å²) in [5.41, 5.74) is 3.98. The van der Waals surface area contributed by atoms with Gasteiger partial charge in [-0.3, -0.25) is 0 Å². The van der Waals surface area contributed by atoms with Gasteiger partial charge in [-0.15, -0.1) is 12.4 Å². The zero-order valence-corrected chi connectivity index (χ0v) is 12.0. The molecule has 3 aromatic rings. The minimum atomic E-state index is 0. The SMILES string of the molecule is Cc1c(Cl)c(-c2ccccc2)nc2ccccc12.Cl. The molecular weight excluding hydrogens is 277 g/mol. The smallest absolute Gasteiger partial charge is 0.0898 e. The van der Waals surface area contributed by atoms with Crippen molar-refractivity contribution in [3.8, 4) is 11.3 Å². The van der Waals surface area contributed by atoms with E-state index in [4.69, 9.17) is 11.6 Å². The lowest BCUT2D eigenvalue weighted by atomic mass is 10.1. The van der Waals surface area contributed by atoms with E-state index in [1.54, 1.807) is 0 Å². The maximum absolute atomic E-state index is 6.44. The maximum Gasteiger partial charge on any atom is 0.0898 e. The molecule has 0 amide bonds. The van der Waals surface area contributed by atoms with E-state index < -0.39 is 0 Å². The number of halogens is 2. The standard InChI is InChI=1S/C16H12ClN.ClH/c1-11-13-9-5-6-10-14(13)18-16(15(11)17)12-7-3-2-4-8-12;/h2-10H,1H3;1H. The molecule has 0 saturated carbocycles. The summed E-state index contributed by atoms with van der Waals surface area (Å²) in [6.45, 7) is 2.04. The van der Waals surface area contributed by atoms with Crippen LogP contribution in [0.5, 0.6) is 0 Å². The molecule has 0 radical (unpaired) electrons. The van der Waals surface area contributed by atoms with Crippen molar-refractivity contribution in [1.29, 1.82) is 0 Å². The predicted octanol–water partition coefficient (Wildman–Crippen LogP) is 5.29. The zero-order valence-electron chi connectivity index (χ0n) is 10.4. The molecule has 1 heterocycles. The number of nitrogens with zero attached hydrogens (tertiary/aromatic N) is 1. The molecule has 0 fully saturated rings. The molecule has 0 unspecified atom stereocenters. The second-order valence-corrected chi connectivity index (χ2v) is 4.66. The van der Waals surface area contributed by atoms with Gasteiger partial charge in [-0.2, -0.15) is 0 Å². The lowest BCUT2D eigenvalue weighted by molar-refractivity contribution is 1.36. The highest BCUT2D eigenvalue weighted by Gasteiger charge is 2.11. The van der Waals surface area contributed by atoms with Crippen molar-refractivity contribution < 1.29 is 0 Å². The Morgan fingerprint density at radius 3 is 2.26 bits per heavy atom. The number of hydrogen-bond acceptors (Lipinski definition) is 1. The summed E-state index contributed by atoms with van der Waals surface area (Å²) in [4.78, 5) is 4.67. The van der Waals surface area contributed by atoms with Crippen LogP contribution in [0.4, 0.5) is 0 Å². The van der Waals surface area contributed by atoms with Crippen LogP contribution in [-0.2, 0) is 0 Å². The van der Waals surface area contributed by atoms with E-state index >= 15 is 0 Å². The summed E-state index contributed by atoms with van der Waals surface area (Å²) in [7, 11) is 0. The molecule has 2 aromatic carbocycles. The maximum atomic E-state index is 6.44. The van der Waals surface area contributed by atoms with Gasteiger partial charge in [0.25, 0.3) is 0 Å². The number of aryl methyl sites for hydroxylation is 1. The summed E-state index contributed by atoms with van der Waals surface area (Å²) in [5, 5.41) is 1.85. The van der Waals surface area contributed by atoms with Gasteiger partial charge in [0, 0.05) is 10.9 Å². The van der Waals surface area contributed by atoms with Crippen LogP contribution in [-0.4, -0.2) is 4.98 Å². The number of pyridine rings is 1. The van der Waals surface area contributed by atoms with E-state index in [-0.39, 0.29) is 12.4 Å². The van der Waals surface area contributed by atoms with Gasteiger partial charge in [0.05, 0.1) is 16.2 Å². The fourth-order valence-corrected chi connectivity index (χ4v) is 2.39. The number of benzene rings is 2. The highest BCUT2D eigenvalue weighted by atomic mass is 35.5. The van der Waals surface area contributed by atoms with Gasteiger partial charge in [0.15, 0.2) is 0 Å². The van der Waals surface area contributed by atoms with Crippen LogP contribution in [0.3, 0.4) is 0 Å². The van der Waals surface area contributed by atoms with Crippen LogP contribution in [0.1, 0.15) is 5.56 Å².